The molecule has 1 aromatic rings. The number of amides is 3. The fraction of sp³-hybridized carbons (Fsp3) is 0.533. The van der Waals surface area contributed by atoms with Crippen LogP contribution in [0.25, 0.3) is 0 Å². The summed E-state index contributed by atoms with van der Waals surface area (Å²) < 4.78 is 0. The number of H-pyrrole nitrogens is 1. The third kappa shape index (κ3) is 7.69. The summed E-state index contributed by atoms with van der Waals surface area (Å²) in [5, 5.41) is 34.1. The van der Waals surface area contributed by atoms with Crippen molar-refractivity contribution >= 4 is 36.3 Å². The van der Waals surface area contributed by atoms with Crippen molar-refractivity contribution in [1.29, 1.82) is 0 Å². The molecule has 0 aromatic carbocycles. The molecular weight excluding hydrogens is 408 g/mol. The first-order valence-corrected chi connectivity index (χ1v) is 9.06. The van der Waals surface area contributed by atoms with Crippen molar-refractivity contribution in [3.63, 3.8) is 0 Å². The summed E-state index contributed by atoms with van der Waals surface area (Å²) in [6.07, 6.45) is 2.72. The van der Waals surface area contributed by atoms with Crippen LogP contribution in [0.5, 0.6) is 0 Å². The van der Waals surface area contributed by atoms with Gasteiger partial charge in [-0.25, -0.2) is 9.78 Å². The number of nitrogens with zero attached hydrogens (tertiary/aromatic N) is 1. The van der Waals surface area contributed by atoms with Gasteiger partial charge in [0.1, 0.15) is 24.2 Å². The lowest BCUT2D eigenvalue weighted by Gasteiger charge is -2.23. The van der Waals surface area contributed by atoms with Crippen molar-refractivity contribution in [2.24, 2.45) is 5.73 Å². The first-order valence-electron chi connectivity index (χ1n) is 8.42. The molecule has 0 saturated carbocycles. The van der Waals surface area contributed by atoms with Crippen LogP contribution >= 0.6 is 12.6 Å². The van der Waals surface area contributed by atoms with Gasteiger partial charge in [-0.3, -0.25) is 14.4 Å². The number of aliphatic hydroxyl groups is 2. The van der Waals surface area contributed by atoms with Crippen molar-refractivity contribution in [1.82, 2.24) is 25.9 Å². The number of aliphatic hydroxyl groups excluding tert-OH is 2. The van der Waals surface area contributed by atoms with Crippen LogP contribution in [0, 0.1) is 0 Å². The van der Waals surface area contributed by atoms with E-state index in [4.69, 9.17) is 15.9 Å². The molecule has 0 aliphatic carbocycles. The molecule has 1 rings (SSSR count). The first kappa shape index (κ1) is 24.4. The SMILES string of the molecule is NC(CO)C(=O)NC(Cc1cnc[nH]1)C(=O)NC(CO)C(=O)NC(CS)C(=O)O. The average Bonchev–Trinajstić information content (AvgIpc) is 3.21. The number of nitrogens with two attached hydrogens (primary N) is 1. The highest BCUT2D eigenvalue weighted by atomic mass is 32.1. The van der Waals surface area contributed by atoms with E-state index in [-0.39, 0.29) is 12.2 Å². The number of imidazole rings is 1. The normalized spacial score (nSPS) is 14.9. The third-order valence-electron chi connectivity index (χ3n) is 3.76. The minimum atomic E-state index is -1.48. The predicted molar refractivity (Wildman–Crippen MR) is 102 cm³/mol. The fourth-order valence-electron chi connectivity index (χ4n) is 2.11. The van der Waals surface area contributed by atoms with E-state index in [0.717, 1.165) is 0 Å². The Morgan fingerprint density at radius 1 is 1.03 bits per heavy atom. The molecule has 1 aromatic heterocycles. The Labute approximate surface area is 170 Å². The zero-order valence-electron chi connectivity index (χ0n) is 15.2. The van der Waals surface area contributed by atoms with Gasteiger partial charge in [0, 0.05) is 24.1 Å². The van der Waals surface area contributed by atoms with Gasteiger partial charge in [0.15, 0.2) is 0 Å². The second kappa shape index (κ2) is 12.0. The number of rotatable bonds is 12. The van der Waals surface area contributed by atoms with Crippen molar-refractivity contribution in [3.05, 3.63) is 18.2 Å². The Bertz CT molecular complexity index is 701. The topological polar surface area (TPSA) is 220 Å². The Morgan fingerprint density at radius 3 is 2.10 bits per heavy atom. The predicted octanol–water partition coefficient (Wildman–Crippen LogP) is -4.27. The average molecular weight is 432 g/mol. The standard InChI is InChI=1S/C15H24N6O7S/c16-8(3-22)12(24)19-9(1-7-2-17-6-18-7)13(25)20-10(4-23)14(26)21-11(5-29)15(27)28/h2,6,8-11,22-23,29H,1,3-5,16H2,(H,17,18)(H,19,24)(H,20,25)(H,21,26)(H,27,28). The van der Waals surface area contributed by atoms with E-state index in [1.165, 1.54) is 12.5 Å². The molecule has 14 heteroatoms. The summed E-state index contributed by atoms with van der Waals surface area (Å²) in [7, 11) is 0. The lowest BCUT2D eigenvalue weighted by Crippen LogP contribution is -2.59. The van der Waals surface area contributed by atoms with Gasteiger partial charge in [0.2, 0.25) is 17.7 Å². The van der Waals surface area contributed by atoms with Crippen LogP contribution in [0.2, 0.25) is 0 Å². The van der Waals surface area contributed by atoms with Gasteiger partial charge in [-0.1, -0.05) is 0 Å². The number of carboxylic acid groups (broad SMARTS) is 1. The smallest absolute Gasteiger partial charge is 0.327 e. The number of carboxylic acids is 1. The van der Waals surface area contributed by atoms with Crippen molar-refractivity contribution in [3.8, 4) is 0 Å². The maximum absolute atomic E-state index is 12.6. The number of aliphatic carboxylic acids is 1. The highest BCUT2D eigenvalue weighted by Crippen LogP contribution is 2.01. The highest BCUT2D eigenvalue weighted by molar-refractivity contribution is 7.80. The molecule has 1 heterocycles. The molecule has 4 unspecified atom stereocenters. The number of hydrogen-bond acceptors (Lipinski definition) is 9. The lowest BCUT2D eigenvalue weighted by molar-refractivity contribution is -0.142. The van der Waals surface area contributed by atoms with E-state index in [2.05, 4.69) is 38.5 Å². The van der Waals surface area contributed by atoms with Gasteiger partial charge in [-0.2, -0.15) is 12.6 Å². The van der Waals surface area contributed by atoms with Crippen LogP contribution in [0.3, 0.4) is 0 Å². The summed E-state index contributed by atoms with van der Waals surface area (Å²) >= 11 is 3.81. The monoisotopic (exact) mass is 432 g/mol. The van der Waals surface area contributed by atoms with E-state index in [9.17, 15) is 24.3 Å². The van der Waals surface area contributed by atoms with Crippen molar-refractivity contribution in [2.75, 3.05) is 19.0 Å². The molecule has 3 amide bonds. The summed E-state index contributed by atoms with van der Waals surface area (Å²) in [4.78, 5) is 54.3. The summed E-state index contributed by atoms with van der Waals surface area (Å²) in [5.74, 6) is -4.13. The van der Waals surface area contributed by atoms with Gasteiger partial charge in [0.05, 0.1) is 19.5 Å². The molecule has 0 aliphatic heterocycles. The van der Waals surface area contributed by atoms with Crippen LogP contribution in [0.15, 0.2) is 12.5 Å². The van der Waals surface area contributed by atoms with Crippen molar-refractivity contribution < 1.29 is 34.5 Å². The Kier molecular flexibility index (Phi) is 10.1. The molecule has 0 saturated heterocycles. The molecular formula is C15H24N6O7S. The quantitative estimate of drug-likeness (QED) is 0.146. The number of carbonyl (C=O) groups excluding carboxylic acids is 3. The van der Waals surface area contributed by atoms with Gasteiger partial charge in [-0.15, -0.1) is 0 Å². The van der Waals surface area contributed by atoms with E-state index < -0.39 is 61.1 Å². The van der Waals surface area contributed by atoms with Crippen LogP contribution in [-0.4, -0.2) is 92.1 Å². The summed E-state index contributed by atoms with van der Waals surface area (Å²) in [6.45, 7) is -1.47. The van der Waals surface area contributed by atoms with Gasteiger partial charge < -0.3 is 42.0 Å². The fourth-order valence-corrected chi connectivity index (χ4v) is 2.36. The van der Waals surface area contributed by atoms with Gasteiger partial charge in [-0.05, 0) is 0 Å². The molecule has 0 aliphatic rings. The van der Waals surface area contributed by atoms with E-state index in [1.54, 1.807) is 0 Å². The Hall–Kier alpha value is -2.68. The van der Waals surface area contributed by atoms with E-state index in [1.807, 2.05) is 0 Å². The van der Waals surface area contributed by atoms with Crippen molar-refractivity contribution in [2.45, 2.75) is 30.6 Å². The molecule has 29 heavy (non-hydrogen) atoms. The number of carbonyl (C=O) groups is 4. The summed E-state index contributed by atoms with van der Waals surface area (Å²) in [6, 6.07) is -5.28. The molecule has 0 fully saturated rings. The number of aromatic amines is 1. The lowest BCUT2D eigenvalue weighted by atomic mass is 10.1. The number of thiol groups is 1. The Morgan fingerprint density at radius 2 is 1.62 bits per heavy atom. The molecule has 0 spiro atoms. The van der Waals surface area contributed by atoms with Gasteiger partial charge >= 0.3 is 5.97 Å². The maximum atomic E-state index is 12.6. The molecule has 162 valence electrons. The van der Waals surface area contributed by atoms with Crippen LogP contribution in [0.4, 0.5) is 0 Å². The molecule has 4 atom stereocenters. The molecule has 0 bridgehead atoms. The third-order valence-corrected chi connectivity index (χ3v) is 4.12. The molecule has 9 N–H and O–H groups in total. The van der Waals surface area contributed by atoms with Crippen LogP contribution in [0.1, 0.15) is 5.69 Å². The second-order valence-electron chi connectivity index (χ2n) is 5.96. The first-order chi connectivity index (χ1) is 13.7. The number of nitrogens with one attached hydrogen (secondary N) is 4. The van der Waals surface area contributed by atoms with Crippen LogP contribution < -0.4 is 21.7 Å². The highest BCUT2D eigenvalue weighted by Gasteiger charge is 2.30. The van der Waals surface area contributed by atoms with Gasteiger partial charge in [0.25, 0.3) is 0 Å². The number of aromatic nitrogens is 2. The zero-order valence-corrected chi connectivity index (χ0v) is 16.1. The summed E-state index contributed by atoms with van der Waals surface area (Å²) in [5.41, 5.74) is 5.91. The van der Waals surface area contributed by atoms with E-state index in [0.29, 0.717) is 5.69 Å². The maximum Gasteiger partial charge on any atom is 0.327 e. The zero-order chi connectivity index (χ0) is 22.0. The molecule has 0 radical (unpaired) electrons. The number of hydrogen-bond donors (Lipinski definition) is 9. The largest absolute Gasteiger partial charge is 0.480 e. The van der Waals surface area contributed by atoms with Crippen LogP contribution in [-0.2, 0) is 25.6 Å². The molecule has 13 nitrogen and oxygen atoms in total. The minimum absolute atomic E-state index is 0.0517. The Balaban J connectivity index is 2.88. The second-order valence-corrected chi connectivity index (χ2v) is 6.32. The van der Waals surface area contributed by atoms with E-state index >= 15 is 0 Å². The minimum Gasteiger partial charge on any atom is -0.480 e.